The van der Waals surface area contributed by atoms with E-state index in [4.69, 9.17) is 35.8 Å². The number of pyridine rings is 1. The van der Waals surface area contributed by atoms with Crippen LogP contribution < -0.4 is 18.9 Å². The number of imidazole rings is 1. The first kappa shape index (κ1) is 25.4. The van der Waals surface area contributed by atoms with Gasteiger partial charge in [0.15, 0.2) is 28.1 Å². The van der Waals surface area contributed by atoms with Crippen molar-refractivity contribution < 1.29 is 14.2 Å². The molecule has 0 radical (unpaired) electrons. The van der Waals surface area contributed by atoms with Gasteiger partial charge < -0.3 is 18.9 Å². The van der Waals surface area contributed by atoms with E-state index >= 15 is 0 Å². The Hall–Kier alpha value is -3.24. The maximum Gasteiger partial charge on any atom is 0.213 e. The molecule has 0 aliphatic heterocycles. The van der Waals surface area contributed by atoms with Gasteiger partial charge in [-0.15, -0.1) is 0 Å². The second-order valence-corrected chi connectivity index (χ2v) is 10.1. The third-order valence-corrected chi connectivity index (χ3v) is 7.52. The molecule has 0 atom stereocenters. The van der Waals surface area contributed by atoms with Gasteiger partial charge in [0.25, 0.3) is 0 Å². The number of nitrogens with zero attached hydrogens (tertiary/aromatic N) is 5. The van der Waals surface area contributed by atoms with Gasteiger partial charge in [-0.3, -0.25) is 4.57 Å². The number of nitrogens with one attached hydrogen (secondary N) is 1. The van der Waals surface area contributed by atoms with E-state index in [1.165, 1.54) is 12.8 Å². The highest BCUT2D eigenvalue weighted by Gasteiger charge is 2.27. The summed E-state index contributed by atoms with van der Waals surface area (Å²) in [7, 11) is 3.22. The van der Waals surface area contributed by atoms with E-state index in [-0.39, 0.29) is 5.15 Å². The maximum atomic E-state index is 6.54. The highest BCUT2D eigenvalue weighted by Crippen LogP contribution is 2.39. The number of ether oxygens (including phenoxy) is 3. The number of halogens is 1. The van der Waals surface area contributed by atoms with E-state index in [1.807, 2.05) is 41.8 Å². The molecule has 5 rings (SSSR count). The minimum absolute atomic E-state index is 0.251. The zero-order chi connectivity index (χ0) is 25.9. The smallest absolute Gasteiger partial charge is 0.213 e. The van der Waals surface area contributed by atoms with Crippen LogP contribution in [0.25, 0.3) is 28.5 Å². The second-order valence-electron chi connectivity index (χ2n) is 8.94. The van der Waals surface area contributed by atoms with Gasteiger partial charge in [0.05, 0.1) is 20.8 Å². The molecule has 11 heteroatoms. The van der Waals surface area contributed by atoms with E-state index in [0.717, 1.165) is 11.7 Å². The minimum Gasteiger partial charge on any atom is -0.494 e. The van der Waals surface area contributed by atoms with Crippen LogP contribution in [-0.2, 0) is 0 Å². The van der Waals surface area contributed by atoms with Crippen LogP contribution in [0.3, 0.4) is 0 Å². The SMILES string of the molecule is CCOc1cccc(-c2nc3nc(Cl)c(NSCC4CC(C)C4)nc3n2-c2c(OC)cccc2OC)n1. The van der Waals surface area contributed by atoms with E-state index in [0.29, 0.717) is 64.2 Å². The molecule has 0 unspecified atom stereocenters. The van der Waals surface area contributed by atoms with Crippen LogP contribution in [-0.4, -0.2) is 51.1 Å². The Bertz CT molecular complexity index is 1390. The Morgan fingerprint density at radius 2 is 1.76 bits per heavy atom. The molecule has 0 bridgehead atoms. The lowest BCUT2D eigenvalue weighted by Crippen LogP contribution is -2.23. The Kier molecular flexibility index (Phi) is 7.57. The number of fused-ring (bicyclic) bond motifs is 1. The molecule has 0 spiro atoms. The summed E-state index contributed by atoms with van der Waals surface area (Å²) in [6.45, 7) is 4.70. The third-order valence-electron chi connectivity index (χ3n) is 6.28. The van der Waals surface area contributed by atoms with Crippen LogP contribution in [0, 0.1) is 11.8 Å². The molecule has 0 amide bonds. The number of para-hydroxylation sites is 1. The highest BCUT2D eigenvalue weighted by atomic mass is 35.5. The van der Waals surface area contributed by atoms with Crippen molar-refractivity contribution in [1.82, 2.24) is 24.5 Å². The summed E-state index contributed by atoms with van der Waals surface area (Å²) >= 11 is 8.14. The molecular formula is C26H29ClN6O3S. The van der Waals surface area contributed by atoms with E-state index < -0.39 is 0 Å². The molecule has 1 aliphatic carbocycles. The number of rotatable bonds is 10. The Labute approximate surface area is 225 Å². The molecule has 9 nitrogen and oxygen atoms in total. The number of hydrogen-bond donors (Lipinski definition) is 1. The van der Waals surface area contributed by atoms with Crippen LogP contribution in [0.15, 0.2) is 36.4 Å². The molecule has 1 aromatic carbocycles. The minimum atomic E-state index is 0.251. The largest absolute Gasteiger partial charge is 0.494 e. The van der Waals surface area contributed by atoms with Crippen molar-refractivity contribution in [2.75, 3.05) is 31.3 Å². The molecule has 0 saturated heterocycles. The third kappa shape index (κ3) is 5.13. The highest BCUT2D eigenvalue weighted by molar-refractivity contribution is 8.00. The summed E-state index contributed by atoms with van der Waals surface area (Å²) in [4.78, 5) is 18.9. The Morgan fingerprint density at radius 1 is 1.03 bits per heavy atom. The monoisotopic (exact) mass is 540 g/mol. The van der Waals surface area contributed by atoms with Crippen molar-refractivity contribution in [2.45, 2.75) is 26.7 Å². The molecular weight excluding hydrogens is 512 g/mol. The summed E-state index contributed by atoms with van der Waals surface area (Å²) in [5.41, 5.74) is 2.08. The average Bonchev–Trinajstić information content (AvgIpc) is 3.25. The fourth-order valence-corrected chi connectivity index (χ4v) is 5.67. The van der Waals surface area contributed by atoms with Crippen molar-refractivity contribution in [3.8, 4) is 34.6 Å². The number of hydrogen-bond acceptors (Lipinski definition) is 9. The van der Waals surface area contributed by atoms with Crippen LogP contribution in [0.2, 0.25) is 5.15 Å². The first-order valence-corrected chi connectivity index (χ1v) is 13.5. The zero-order valence-electron chi connectivity index (χ0n) is 21.2. The first-order chi connectivity index (χ1) is 18.0. The molecule has 1 N–H and O–H groups in total. The number of aromatic nitrogens is 5. The quantitative estimate of drug-likeness (QED) is 0.241. The summed E-state index contributed by atoms with van der Waals surface area (Å²) in [6, 6.07) is 11.1. The Morgan fingerprint density at radius 3 is 2.43 bits per heavy atom. The molecule has 37 heavy (non-hydrogen) atoms. The summed E-state index contributed by atoms with van der Waals surface area (Å²) in [6.07, 6.45) is 2.51. The van der Waals surface area contributed by atoms with Gasteiger partial charge >= 0.3 is 0 Å². The van der Waals surface area contributed by atoms with Crippen molar-refractivity contribution in [3.05, 3.63) is 41.6 Å². The summed E-state index contributed by atoms with van der Waals surface area (Å²) < 4.78 is 22.2. The van der Waals surface area contributed by atoms with Gasteiger partial charge in [-0.1, -0.05) is 42.6 Å². The normalized spacial score (nSPS) is 16.9. The molecule has 3 heterocycles. The average molecular weight is 541 g/mol. The number of benzene rings is 1. The fourth-order valence-electron chi connectivity index (χ4n) is 4.57. The van der Waals surface area contributed by atoms with Gasteiger partial charge in [-0.05, 0) is 49.8 Å². The zero-order valence-corrected chi connectivity index (χ0v) is 22.8. The van der Waals surface area contributed by atoms with Crippen LogP contribution in [0.4, 0.5) is 5.82 Å². The predicted molar refractivity (Wildman–Crippen MR) is 147 cm³/mol. The molecule has 4 aromatic rings. The van der Waals surface area contributed by atoms with E-state index in [2.05, 4.69) is 21.6 Å². The summed E-state index contributed by atoms with van der Waals surface area (Å²) in [5, 5.41) is 0.251. The summed E-state index contributed by atoms with van der Waals surface area (Å²) in [5.74, 6) is 5.15. The lowest BCUT2D eigenvalue weighted by atomic mass is 9.77. The van der Waals surface area contributed by atoms with Gasteiger partial charge in [-0.2, -0.15) is 0 Å². The molecule has 1 saturated carbocycles. The lowest BCUT2D eigenvalue weighted by Gasteiger charge is -2.32. The van der Waals surface area contributed by atoms with Crippen LogP contribution in [0.1, 0.15) is 26.7 Å². The fraction of sp³-hybridized carbons (Fsp3) is 0.385. The van der Waals surface area contributed by atoms with E-state index in [9.17, 15) is 0 Å². The van der Waals surface area contributed by atoms with Gasteiger partial charge in [-0.25, -0.2) is 19.9 Å². The van der Waals surface area contributed by atoms with Crippen molar-refractivity contribution in [1.29, 1.82) is 0 Å². The lowest BCUT2D eigenvalue weighted by molar-refractivity contribution is 0.238. The molecule has 1 aliphatic rings. The van der Waals surface area contributed by atoms with Gasteiger partial charge in [0, 0.05) is 11.8 Å². The number of methoxy groups -OCH3 is 2. The van der Waals surface area contributed by atoms with Crippen LogP contribution in [0.5, 0.6) is 17.4 Å². The molecule has 1 fully saturated rings. The molecule has 3 aromatic heterocycles. The maximum absolute atomic E-state index is 6.54. The van der Waals surface area contributed by atoms with Gasteiger partial charge in [0.2, 0.25) is 5.88 Å². The van der Waals surface area contributed by atoms with Crippen molar-refractivity contribution in [2.24, 2.45) is 11.8 Å². The number of anilines is 1. The van der Waals surface area contributed by atoms with Crippen molar-refractivity contribution in [3.63, 3.8) is 0 Å². The predicted octanol–water partition coefficient (Wildman–Crippen LogP) is 6.05. The van der Waals surface area contributed by atoms with E-state index in [1.54, 1.807) is 32.2 Å². The van der Waals surface area contributed by atoms with Crippen molar-refractivity contribution >= 4 is 40.7 Å². The Balaban J connectivity index is 1.65. The van der Waals surface area contributed by atoms with Crippen LogP contribution >= 0.6 is 23.5 Å². The topological polar surface area (TPSA) is 96.2 Å². The standard InChI is InChI=1S/C26H29ClN6O3S/c1-5-36-20-11-6-8-17(28-20)25-31-24-26(33(25)21-18(34-3)9-7-10-19(21)35-4)30-23(22(27)29-24)32-37-14-16-12-15(2)13-16/h6-11,15-16H,5,12-14H2,1-4H3,(H,30,32). The first-order valence-electron chi connectivity index (χ1n) is 12.2. The van der Waals surface area contributed by atoms with Gasteiger partial charge in [0.1, 0.15) is 22.9 Å². The molecule has 194 valence electrons. The second kappa shape index (κ2) is 11.0.